The van der Waals surface area contributed by atoms with Crippen molar-refractivity contribution in [3.8, 4) is 0 Å². The summed E-state index contributed by atoms with van der Waals surface area (Å²) in [6, 6.07) is 0. The topological polar surface area (TPSA) is 52.6 Å². The zero-order valence-electron chi connectivity index (χ0n) is 9.16. The van der Waals surface area contributed by atoms with E-state index in [-0.39, 0.29) is 24.8 Å². The van der Waals surface area contributed by atoms with Crippen LogP contribution in [-0.4, -0.2) is 25.2 Å². The fourth-order valence-electron chi connectivity index (χ4n) is 0.925. The molecule has 0 aromatic carbocycles. The van der Waals surface area contributed by atoms with Gasteiger partial charge in [0.25, 0.3) is 0 Å². The lowest BCUT2D eigenvalue weighted by Crippen LogP contribution is -2.14. The molecule has 0 N–H and O–H groups in total. The van der Waals surface area contributed by atoms with E-state index in [4.69, 9.17) is 9.47 Å². The van der Waals surface area contributed by atoms with Gasteiger partial charge in [-0.25, -0.2) is 0 Å². The van der Waals surface area contributed by atoms with Gasteiger partial charge in [-0.05, 0) is 19.8 Å². The van der Waals surface area contributed by atoms with Crippen molar-refractivity contribution in [3.63, 3.8) is 0 Å². The quantitative estimate of drug-likeness (QED) is 0.456. The first-order valence-electron chi connectivity index (χ1n) is 5.09. The van der Waals surface area contributed by atoms with E-state index in [0.29, 0.717) is 13.2 Å². The summed E-state index contributed by atoms with van der Waals surface area (Å²) in [7, 11) is 0. The first-order valence-corrected chi connectivity index (χ1v) is 5.09. The molecule has 0 spiro atoms. The van der Waals surface area contributed by atoms with Gasteiger partial charge in [-0.1, -0.05) is 6.08 Å². The summed E-state index contributed by atoms with van der Waals surface area (Å²) in [4.78, 5) is 21.6. The van der Waals surface area contributed by atoms with Crippen molar-refractivity contribution in [2.75, 3.05) is 13.2 Å². The fraction of sp³-hybridized carbons (Fsp3) is 0.636. The maximum atomic E-state index is 10.8. The lowest BCUT2D eigenvalue weighted by Gasteiger charge is -2.08. The maximum Gasteiger partial charge on any atom is 0.306 e. The average molecular weight is 214 g/mol. The second-order valence-electron chi connectivity index (χ2n) is 3.06. The zero-order valence-corrected chi connectivity index (χ0v) is 9.16. The first kappa shape index (κ1) is 13.7. The van der Waals surface area contributed by atoms with E-state index >= 15 is 0 Å². The van der Waals surface area contributed by atoms with E-state index in [1.165, 1.54) is 0 Å². The van der Waals surface area contributed by atoms with Crippen molar-refractivity contribution in [1.82, 2.24) is 0 Å². The van der Waals surface area contributed by atoms with E-state index in [9.17, 15) is 9.59 Å². The molecular formula is C11H18O4. The van der Waals surface area contributed by atoms with Gasteiger partial charge in [0, 0.05) is 0 Å². The van der Waals surface area contributed by atoms with E-state index in [1.54, 1.807) is 6.08 Å². The molecular weight excluding hydrogens is 196 g/mol. The molecule has 15 heavy (non-hydrogen) atoms. The van der Waals surface area contributed by atoms with Gasteiger partial charge in [-0.15, -0.1) is 6.58 Å². The summed E-state index contributed by atoms with van der Waals surface area (Å²) in [5, 5.41) is 0. The van der Waals surface area contributed by atoms with Crippen molar-refractivity contribution in [2.45, 2.75) is 32.6 Å². The van der Waals surface area contributed by atoms with E-state index in [2.05, 4.69) is 6.58 Å². The smallest absolute Gasteiger partial charge is 0.306 e. The maximum absolute atomic E-state index is 10.8. The highest BCUT2D eigenvalue weighted by atomic mass is 16.5. The monoisotopic (exact) mass is 214 g/mol. The molecule has 0 aliphatic carbocycles. The van der Waals surface area contributed by atoms with E-state index in [0.717, 1.165) is 12.8 Å². The van der Waals surface area contributed by atoms with E-state index in [1.807, 2.05) is 6.92 Å². The highest BCUT2D eigenvalue weighted by Crippen LogP contribution is 2.01. The molecule has 86 valence electrons. The summed E-state index contributed by atoms with van der Waals surface area (Å²) in [6.45, 7) is 6.13. The summed E-state index contributed by atoms with van der Waals surface area (Å²) in [5.74, 6) is -0.622. The van der Waals surface area contributed by atoms with Gasteiger partial charge >= 0.3 is 11.9 Å². The zero-order chi connectivity index (χ0) is 11.5. The van der Waals surface area contributed by atoms with Crippen LogP contribution in [0.15, 0.2) is 12.7 Å². The summed E-state index contributed by atoms with van der Waals surface area (Å²) < 4.78 is 9.64. The van der Waals surface area contributed by atoms with Gasteiger partial charge in [0.1, 0.15) is 0 Å². The largest absolute Gasteiger partial charge is 0.466 e. The molecule has 1 aliphatic rings. The third-order valence-corrected chi connectivity index (χ3v) is 1.60. The van der Waals surface area contributed by atoms with Gasteiger partial charge in [0.2, 0.25) is 0 Å². The molecule has 0 bridgehead atoms. The summed E-state index contributed by atoms with van der Waals surface area (Å²) >= 11 is 0. The third-order valence-electron chi connectivity index (χ3n) is 1.60. The summed E-state index contributed by atoms with van der Waals surface area (Å²) in [6.07, 6.45) is 3.55. The molecule has 0 saturated carbocycles. The van der Waals surface area contributed by atoms with Crippen LogP contribution in [0.1, 0.15) is 32.6 Å². The number of carbonyl (C=O) groups is 2. The minimum Gasteiger partial charge on any atom is -0.466 e. The van der Waals surface area contributed by atoms with Crippen LogP contribution in [0.2, 0.25) is 0 Å². The molecule has 4 nitrogen and oxygen atoms in total. The molecule has 0 aromatic rings. The van der Waals surface area contributed by atoms with Crippen molar-refractivity contribution < 1.29 is 19.1 Å². The second kappa shape index (κ2) is 9.24. The predicted octanol–water partition coefficient (Wildman–Crippen LogP) is 1.84. The Hall–Kier alpha value is -1.32. The molecule has 1 saturated heterocycles. The molecule has 0 aromatic heterocycles. The van der Waals surface area contributed by atoms with Crippen molar-refractivity contribution in [3.05, 3.63) is 12.7 Å². The molecule has 0 atom stereocenters. The van der Waals surface area contributed by atoms with Gasteiger partial charge in [-0.2, -0.15) is 0 Å². The van der Waals surface area contributed by atoms with Gasteiger partial charge in [0.05, 0.1) is 26.1 Å². The number of allylic oxidation sites excluding steroid dienone is 1. The van der Waals surface area contributed by atoms with Crippen molar-refractivity contribution >= 4 is 11.9 Å². The number of hydrogen-bond acceptors (Lipinski definition) is 4. The number of esters is 2. The van der Waals surface area contributed by atoms with Crippen LogP contribution in [0.25, 0.3) is 0 Å². The van der Waals surface area contributed by atoms with Crippen LogP contribution in [0.4, 0.5) is 0 Å². The van der Waals surface area contributed by atoms with Gasteiger partial charge < -0.3 is 9.47 Å². The number of ether oxygens (including phenoxy) is 2. The second-order valence-corrected chi connectivity index (χ2v) is 3.06. The Kier molecular flexibility index (Phi) is 8.43. The average Bonchev–Trinajstić information content (AvgIpc) is 2.21. The molecule has 1 rings (SSSR count). The number of cyclic esters (lactones) is 2. The number of rotatable bonds is 0. The Bertz CT molecular complexity index is 191. The Morgan fingerprint density at radius 3 is 1.73 bits per heavy atom. The third kappa shape index (κ3) is 9.00. The van der Waals surface area contributed by atoms with Gasteiger partial charge in [0.15, 0.2) is 0 Å². The van der Waals surface area contributed by atoms with Crippen molar-refractivity contribution in [2.24, 2.45) is 0 Å². The molecule has 1 fully saturated rings. The number of carbonyl (C=O) groups excluding carboxylic acids is 2. The highest BCUT2D eigenvalue weighted by Gasteiger charge is 2.10. The van der Waals surface area contributed by atoms with Crippen LogP contribution < -0.4 is 0 Å². The van der Waals surface area contributed by atoms with Crippen LogP contribution in [0.5, 0.6) is 0 Å². The standard InChI is InChI=1S/C8H12O4.C3H6/c9-7-3-4-8(10)12-6-2-1-5-11-7;1-3-2/h1-6H2;3H,1H2,2H3. The Morgan fingerprint density at radius 1 is 1.07 bits per heavy atom. The fourth-order valence-corrected chi connectivity index (χ4v) is 0.925. The molecule has 1 heterocycles. The summed E-state index contributed by atoms with van der Waals surface area (Å²) in [5.41, 5.74) is 0. The first-order chi connectivity index (χ1) is 7.20. The number of hydrogen-bond donors (Lipinski definition) is 0. The molecule has 0 radical (unpaired) electrons. The van der Waals surface area contributed by atoms with Gasteiger partial charge in [-0.3, -0.25) is 9.59 Å². The normalized spacial score (nSPS) is 17.7. The highest BCUT2D eigenvalue weighted by molar-refractivity contribution is 5.77. The van der Waals surface area contributed by atoms with Crippen LogP contribution in [0.3, 0.4) is 0 Å². The minimum atomic E-state index is -0.311. The van der Waals surface area contributed by atoms with Crippen LogP contribution in [-0.2, 0) is 19.1 Å². The van der Waals surface area contributed by atoms with Crippen molar-refractivity contribution in [1.29, 1.82) is 0 Å². The Morgan fingerprint density at radius 2 is 1.40 bits per heavy atom. The predicted molar refractivity (Wildman–Crippen MR) is 56.3 cm³/mol. The SMILES string of the molecule is C=CC.O=C1CCC(=O)OCCCCO1. The Balaban J connectivity index is 0.000000583. The molecule has 0 unspecified atom stereocenters. The molecule has 0 amide bonds. The van der Waals surface area contributed by atoms with Crippen LogP contribution in [0, 0.1) is 0 Å². The molecule has 1 aliphatic heterocycles. The molecule has 4 heteroatoms. The van der Waals surface area contributed by atoms with Crippen LogP contribution >= 0.6 is 0 Å². The lowest BCUT2D eigenvalue weighted by atomic mass is 10.3. The van der Waals surface area contributed by atoms with E-state index < -0.39 is 0 Å². The lowest BCUT2D eigenvalue weighted by molar-refractivity contribution is -0.152. The Labute approximate surface area is 90.2 Å². The minimum absolute atomic E-state index is 0.138.